The molecule has 1 aromatic carbocycles. The number of hydrogen-bond donors (Lipinski definition) is 2. The molecule has 4 rings (SSSR count). The van der Waals surface area contributed by atoms with E-state index in [2.05, 4.69) is 15.4 Å². The lowest BCUT2D eigenvalue weighted by Gasteiger charge is -2.27. The van der Waals surface area contributed by atoms with Gasteiger partial charge < -0.3 is 10.4 Å². The molecule has 1 saturated carbocycles. The van der Waals surface area contributed by atoms with Gasteiger partial charge in [0.2, 0.25) is 0 Å². The average molecular weight is 340 g/mol. The number of anilines is 1. The van der Waals surface area contributed by atoms with Gasteiger partial charge in [0.25, 0.3) is 0 Å². The van der Waals surface area contributed by atoms with Crippen LogP contribution in [0.5, 0.6) is 0 Å². The first kappa shape index (κ1) is 16.0. The van der Waals surface area contributed by atoms with Gasteiger partial charge in [-0.2, -0.15) is 9.61 Å². The average Bonchev–Trinajstić information content (AvgIpc) is 3.01. The molecule has 5 nitrogen and oxygen atoms in total. The van der Waals surface area contributed by atoms with Crippen LogP contribution in [0.4, 0.5) is 10.2 Å². The summed E-state index contributed by atoms with van der Waals surface area (Å²) in [6.07, 6.45) is 3.32. The zero-order valence-electron chi connectivity index (χ0n) is 14.1. The van der Waals surface area contributed by atoms with E-state index in [4.69, 9.17) is 0 Å². The van der Waals surface area contributed by atoms with Crippen molar-refractivity contribution in [2.45, 2.75) is 44.8 Å². The second kappa shape index (κ2) is 6.44. The molecule has 6 heteroatoms. The fourth-order valence-electron chi connectivity index (χ4n) is 3.42. The molecule has 1 aliphatic carbocycles. The molecule has 2 N–H and O–H groups in total. The molecule has 1 fully saturated rings. The number of aryl methyl sites for hydroxylation is 1. The Hall–Kier alpha value is -2.47. The molecular formula is C19H21FN4O. The highest BCUT2D eigenvalue weighted by Gasteiger charge is 2.20. The first-order valence-electron chi connectivity index (χ1n) is 8.66. The maximum absolute atomic E-state index is 13.5. The van der Waals surface area contributed by atoms with E-state index in [0.717, 1.165) is 48.4 Å². The van der Waals surface area contributed by atoms with E-state index in [1.54, 1.807) is 10.6 Å². The van der Waals surface area contributed by atoms with Gasteiger partial charge in [-0.1, -0.05) is 12.1 Å². The minimum Gasteiger partial charge on any atom is -0.393 e. The summed E-state index contributed by atoms with van der Waals surface area (Å²) in [7, 11) is 0. The van der Waals surface area contributed by atoms with Crippen molar-refractivity contribution in [3.8, 4) is 11.3 Å². The van der Waals surface area contributed by atoms with E-state index < -0.39 is 0 Å². The molecule has 1 aliphatic rings. The van der Waals surface area contributed by atoms with Crippen molar-refractivity contribution in [1.82, 2.24) is 14.6 Å². The number of nitrogens with one attached hydrogen (secondary N) is 1. The molecular weight excluding hydrogens is 319 g/mol. The molecule has 2 aromatic heterocycles. The SMILES string of the molecule is Cc1cc(NC2CCC(O)CC2)n2nc(-c3cccc(F)c3)cc2n1. The van der Waals surface area contributed by atoms with Gasteiger partial charge in [-0.25, -0.2) is 9.37 Å². The van der Waals surface area contributed by atoms with Crippen molar-refractivity contribution in [3.05, 3.63) is 47.9 Å². The van der Waals surface area contributed by atoms with Crippen LogP contribution in [0, 0.1) is 12.7 Å². The van der Waals surface area contributed by atoms with E-state index in [1.807, 2.05) is 25.1 Å². The fourth-order valence-corrected chi connectivity index (χ4v) is 3.42. The number of benzene rings is 1. The summed E-state index contributed by atoms with van der Waals surface area (Å²) in [6.45, 7) is 1.95. The van der Waals surface area contributed by atoms with E-state index in [1.165, 1.54) is 12.1 Å². The summed E-state index contributed by atoms with van der Waals surface area (Å²) < 4.78 is 15.3. The molecule has 0 bridgehead atoms. The quantitative estimate of drug-likeness (QED) is 0.765. The molecule has 2 heterocycles. The molecule has 0 atom stereocenters. The molecule has 0 saturated heterocycles. The van der Waals surface area contributed by atoms with E-state index in [-0.39, 0.29) is 11.9 Å². The fraction of sp³-hybridized carbons (Fsp3) is 0.368. The van der Waals surface area contributed by atoms with Crippen molar-refractivity contribution >= 4 is 11.5 Å². The summed E-state index contributed by atoms with van der Waals surface area (Å²) in [5.41, 5.74) is 3.06. The number of rotatable bonds is 3. The standard InChI is InChI=1S/C19H21FN4O/c1-12-9-18(22-15-5-7-16(25)8-6-15)24-19(21-12)11-17(23-24)13-3-2-4-14(20)10-13/h2-4,9-11,15-16,22,25H,5-8H2,1H3. The zero-order valence-corrected chi connectivity index (χ0v) is 14.1. The van der Waals surface area contributed by atoms with Crippen LogP contribution in [0.25, 0.3) is 16.9 Å². The lowest BCUT2D eigenvalue weighted by Crippen LogP contribution is -2.29. The molecule has 0 aliphatic heterocycles. The van der Waals surface area contributed by atoms with Crippen LogP contribution in [0.15, 0.2) is 36.4 Å². The van der Waals surface area contributed by atoms with Crippen molar-refractivity contribution in [1.29, 1.82) is 0 Å². The zero-order chi connectivity index (χ0) is 17.4. The highest BCUT2D eigenvalue weighted by atomic mass is 19.1. The van der Waals surface area contributed by atoms with Gasteiger partial charge in [0.1, 0.15) is 11.6 Å². The van der Waals surface area contributed by atoms with E-state index >= 15 is 0 Å². The molecule has 25 heavy (non-hydrogen) atoms. The Morgan fingerprint density at radius 2 is 1.96 bits per heavy atom. The lowest BCUT2D eigenvalue weighted by molar-refractivity contribution is 0.126. The number of aliphatic hydroxyl groups excluding tert-OH is 1. The molecule has 130 valence electrons. The van der Waals surface area contributed by atoms with Gasteiger partial charge in [0.05, 0.1) is 11.8 Å². The largest absolute Gasteiger partial charge is 0.393 e. The summed E-state index contributed by atoms with van der Waals surface area (Å²) in [5.74, 6) is 0.601. The first-order valence-corrected chi connectivity index (χ1v) is 8.66. The maximum Gasteiger partial charge on any atom is 0.158 e. The molecule has 0 amide bonds. The summed E-state index contributed by atoms with van der Waals surface area (Å²) >= 11 is 0. The third kappa shape index (κ3) is 3.35. The Morgan fingerprint density at radius 1 is 1.16 bits per heavy atom. The Bertz CT molecular complexity index is 900. The van der Waals surface area contributed by atoms with Gasteiger partial charge in [-0.05, 0) is 44.7 Å². The van der Waals surface area contributed by atoms with Crippen molar-refractivity contribution < 1.29 is 9.50 Å². The number of halogens is 1. The van der Waals surface area contributed by atoms with Crippen molar-refractivity contribution in [2.24, 2.45) is 0 Å². The van der Waals surface area contributed by atoms with Gasteiger partial charge >= 0.3 is 0 Å². The minimum atomic E-state index is -0.280. The van der Waals surface area contributed by atoms with Gasteiger partial charge in [0, 0.05) is 29.4 Å². The summed E-state index contributed by atoms with van der Waals surface area (Å²) in [4.78, 5) is 4.54. The minimum absolute atomic E-state index is 0.179. The van der Waals surface area contributed by atoms with Crippen LogP contribution >= 0.6 is 0 Å². The number of aliphatic hydroxyl groups is 1. The van der Waals surface area contributed by atoms with E-state index in [0.29, 0.717) is 11.7 Å². The summed E-state index contributed by atoms with van der Waals surface area (Å²) in [5, 5.41) is 17.8. The molecule has 0 spiro atoms. The maximum atomic E-state index is 13.5. The molecule has 0 unspecified atom stereocenters. The lowest BCUT2D eigenvalue weighted by atomic mass is 9.93. The van der Waals surface area contributed by atoms with Crippen LogP contribution < -0.4 is 5.32 Å². The van der Waals surface area contributed by atoms with Crippen LogP contribution in [-0.4, -0.2) is 31.9 Å². The van der Waals surface area contributed by atoms with Crippen LogP contribution in [-0.2, 0) is 0 Å². The smallest absolute Gasteiger partial charge is 0.158 e. The van der Waals surface area contributed by atoms with Crippen LogP contribution in [0.1, 0.15) is 31.4 Å². The van der Waals surface area contributed by atoms with Gasteiger partial charge in [-0.15, -0.1) is 0 Å². The Labute approximate surface area is 145 Å². The predicted octanol–water partition coefficient (Wildman–Crippen LogP) is 3.56. The topological polar surface area (TPSA) is 62.5 Å². The normalized spacial score (nSPS) is 20.8. The number of fused-ring (bicyclic) bond motifs is 1. The van der Waals surface area contributed by atoms with Crippen molar-refractivity contribution in [3.63, 3.8) is 0 Å². The highest BCUT2D eigenvalue weighted by Crippen LogP contribution is 2.25. The third-order valence-electron chi connectivity index (χ3n) is 4.72. The Morgan fingerprint density at radius 3 is 2.72 bits per heavy atom. The second-order valence-corrected chi connectivity index (χ2v) is 6.74. The monoisotopic (exact) mass is 340 g/mol. The van der Waals surface area contributed by atoms with Crippen LogP contribution in [0.2, 0.25) is 0 Å². The first-order chi connectivity index (χ1) is 12.1. The highest BCUT2D eigenvalue weighted by molar-refractivity contribution is 5.65. The Balaban J connectivity index is 1.69. The number of nitrogens with zero attached hydrogens (tertiary/aromatic N) is 3. The van der Waals surface area contributed by atoms with Crippen LogP contribution in [0.3, 0.4) is 0 Å². The molecule has 0 radical (unpaired) electrons. The van der Waals surface area contributed by atoms with Gasteiger partial charge in [0.15, 0.2) is 5.65 Å². The van der Waals surface area contributed by atoms with E-state index in [9.17, 15) is 9.50 Å². The third-order valence-corrected chi connectivity index (χ3v) is 4.72. The van der Waals surface area contributed by atoms with Crippen molar-refractivity contribution in [2.75, 3.05) is 5.32 Å². The molecule has 3 aromatic rings. The Kier molecular flexibility index (Phi) is 4.13. The summed E-state index contributed by atoms with van der Waals surface area (Å²) in [6, 6.07) is 10.6. The second-order valence-electron chi connectivity index (χ2n) is 6.74. The number of hydrogen-bond acceptors (Lipinski definition) is 4. The van der Waals surface area contributed by atoms with Gasteiger partial charge in [-0.3, -0.25) is 0 Å². The number of aromatic nitrogens is 3. The predicted molar refractivity (Wildman–Crippen MR) is 95.0 cm³/mol.